The van der Waals surface area contributed by atoms with E-state index in [4.69, 9.17) is 4.74 Å². The van der Waals surface area contributed by atoms with Crippen LogP contribution in [-0.4, -0.2) is 43.8 Å². The van der Waals surface area contributed by atoms with Crippen molar-refractivity contribution in [2.24, 2.45) is 16.8 Å². The average Bonchev–Trinajstić information content (AvgIpc) is 3.28. The van der Waals surface area contributed by atoms with Crippen molar-refractivity contribution in [1.29, 1.82) is 0 Å². The van der Waals surface area contributed by atoms with E-state index in [0.717, 1.165) is 17.8 Å². The molecule has 0 spiro atoms. The molecule has 2 atom stereocenters. The average molecular weight is 466 g/mol. The lowest BCUT2D eigenvalue weighted by atomic mass is 9.85. The zero-order valence-electron chi connectivity index (χ0n) is 16.1. The summed E-state index contributed by atoms with van der Waals surface area (Å²) in [4.78, 5) is 15.8. The molecule has 0 aromatic rings. The third-order valence-electron chi connectivity index (χ3n) is 4.73. The van der Waals surface area contributed by atoms with Gasteiger partial charge in [0.05, 0.1) is 0 Å². The van der Waals surface area contributed by atoms with E-state index in [1.54, 1.807) is 7.05 Å². The predicted molar refractivity (Wildman–Crippen MR) is 113 cm³/mol. The van der Waals surface area contributed by atoms with Crippen molar-refractivity contribution in [3.63, 3.8) is 0 Å². The van der Waals surface area contributed by atoms with Gasteiger partial charge in [0.1, 0.15) is 5.60 Å². The summed E-state index contributed by atoms with van der Waals surface area (Å²) >= 11 is 0. The third-order valence-corrected chi connectivity index (χ3v) is 4.73. The highest BCUT2D eigenvalue weighted by atomic mass is 127. The molecule has 0 saturated heterocycles. The monoisotopic (exact) mass is 466 g/mol. The van der Waals surface area contributed by atoms with Gasteiger partial charge in [-0.25, -0.2) is 4.79 Å². The fourth-order valence-electron chi connectivity index (χ4n) is 3.49. The van der Waals surface area contributed by atoms with Crippen LogP contribution in [0.25, 0.3) is 0 Å². The maximum absolute atomic E-state index is 11.6. The van der Waals surface area contributed by atoms with E-state index in [0.29, 0.717) is 19.1 Å². The molecular formula is C18H35IN4O2. The molecule has 2 aliphatic carbocycles. The molecule has 2 aliphatic rings. The van der Waals surface area contributed by atoms with Gasteiger partial charge in [-0.15, -0.1) is 24.0 Å². The summed E-state index contributed by atoms with van der Waals surface area (Å²) < 4.78 is 5.20. The van der Waals surface area contributed by atoms with Crippen molar-refractivity contribution in [3.8, 4) is 0 Å². The zero-order valence-corrected chi connectivity index (χ0v) is 18.4. The number of guanidine groups is 1. The minimum atomic E-state index is -0.463. The van der Waals surface area contributed by atoms with Crippen LogP contribution in [0.4, 0.5) is 4.79 Å². The van der Waals surface area contributed by atoms with Crippen molar-refractivity contribution in [3.05, 3.63) is 0 Å². The van der Waals surface area contributed by atoms with E-state index < -0.39 is 5.60 Å². The van der Waals surface area contributed by atoms with Gasteiger partial charge in [-0.05, 0) is 39.0 Å². The highest BCUT2D eigenvalue weighted by molar-refractivity contribution is 14.0. The molecule has 0 aliphatic heterocycles. The Morgan fingerprint density at radius 2 is 1.76 bits per heavy atom. The molecule has 2 rings (SSSR count). The smallest absolute Gasteiger partial charge is 0.407 e. The summed E-state index contributed by atoms with van der Waals surface area (Å²) in [6.45, 7) is 6.70. The van der Waals surface area contributed by atoms with E-state index in [2.05, 4.69) is 20.9 Å². The Balaban J connectivity index is 0.00000312. The van der Waals surface area contributed by atoms with Crippen LogP contribution in [0, 0.1) is 11.8 Å². The Morgan fingerprint density at radius 3 is 2.36 bits per heavy atom. The first kappa shape index (κ1) is 22.3. The first-order valence-corrected chi connectivity index (χ1v) is 9.33. The minimum absolute atomic E-state index is 0. The van der Waals surface area contributed by atoms with E-state index in [9.17, 15) is 4.79 Å². The van der Waals surface area contributed by atoms with Crippen LogP contribution in [0.2, 0.25) is 0 Å². The molecule has 2 unspecified atom stereocenters. The van der Waals surface area contributed by atoms with Gasteiger partial charge in [-0.2, -0.15) is 0 Å². The lowest BCUT2D eigenvalue weighted by Gasteiger charge is -2.22. The Morgan fingerprint density at radius 1 is 1.12 bits per heavy atom. The van der Waals surface area contributed by atoms with Crippen molar-refractivity contribution in [2.45, 2.75) is 70.9 Å². The zero-order chi connectivity index (χ0) is 17.6. The van der Waals surface area contributed by atoms with Crippen LogP contribution in [-0.2, 0) is 4.74 Å². The number of carbonyl (C=O) groups is 1. The molecule has 0 radical (unpaired) electrons. The quantitative estimate of drug-likeness (QED) is 0.252. The minimum Gasteiger partial charge on any atom is -0.444 e. The van der Waals surface area contributed by atoms with Crippen molar-refractivity contribution in [2.75, 3.05) is 20.1 Å². The molecule has 0 aromatic heterocycles. The number of rotatable bonds is 5. The second-order valence-electron chi connectivity index (χ2n) is 7.98. The second-order valence-corrected chi connectivity index (χ2v) is 7.98. The van der Waals surface area contributed by atoms with Gasteiger partial charge in [0.2, 0.25) is 0 Å². The van der Waals surface area contributed by atoms with Gasteiger partial charge in [0.25, 0.3) is 0 Å². The summed E-state index contributed by atoms with van der Waals surface area (Å²) in [6.07, 6.45) is 7.89. The van der Waals surface area contributed by atoms with Crippen molar-refractivity contribution < 1.29 is 9.53 Å². The summed E-state index contributed by atoms with van der Waals surface area (Å²) in [5.74, 6) is 2.55. The number of nitrogens with zero attached hydrogens (tertiary/aromatic N) is 1. The number of ether oxygens (including phenoxy) is 1. The largest absolute Gasteiger partial charge is 0.444 e. The standard InChI is InChI=1S/C18H34N4O2.HI/c1-18(2,3)24-17(23)21-11-10-20-16(19-4)22-15-12-14(15)13-8-6-5-7-9-13;/h13-15H,5-12H2,1-4H3,(H,21,23)(H2,19,20,22);1H. The highest BCUT2D eigenvalue weighted by Crippen LogP contribution is 2.44. The number of halogens is 1. The molecule has 3 N–H and O–H groups in total. The lowest BCUT2D eigenvalue weighted by molar-refractivity contribution is 0.0529. The van der Waals surface area contributed by atoms with E-state index in [-0.39, 0.29) is 30.1 Å². The molecule has 0 aromatic carbocycles. The van der Waals surface area contributed by atoms with Gasteiger partial charge >= 0.3 is 6.09 Å². The summed E-state index contributed by atoms with van der Waals surface area (Å²) in [7, 11) is 1.79. The van der Waals surface area contributed by atoms with Crippen molar-refractivity contribution >= 4 is 36.0 Å². The number of hydrogen-bond acceptors (Lipinski definition) is 3. The maximum atomic E-state index is 11.6. The van der Waals surface area contributed by atoms with Gasteiger partial charge in [0.15, 0.2) is 5.96 Å². The third kappa shape index (κ3) is 8.46. The van der Waals surface area contributed by atoms with Gasteiger partial charge < -0.3 is 20.7 Å². The lowest BCUT2D eigenvalue weighted by Crippen LogP contribution is -2.43. The van der Waals surface area contributed by atoms with Gasteiger partial charge in [0, 0.05) is 26.2 Å². The number of aliphatic imine (C=N–C) groups is 1. The predicted octanol–water partition coefficient (Wildman–Crippen LogP) is 3.26. The van der Waals surface area contributed by atoms with Gasteiger partial charge in [-0.3, -0.25) is 4.99 Å². The molecular weight excluding hydrogens is 431 g/mol. The Bertz CT molecular complexity index is 445. The van der Waals surface area contributed by atoms with Crippen LogP contribution >= 0.6 is 24.0 Å². The van der Waals surface area contributed by atoms with Crippen LogP contribution in [0.3, 0.4) is 0 Å². The molecule has 6 nitrogen and oxygen atoms in total. The highest BCUT2D eigenvalue weighted by Gasteiger charge is 2.43. The van der Waals surface area contributed by atoms with Gasteiger partial charge in [-0.1, -0.05) is 32.1 Å². The molecule has 0 bridgehead atoms. The summed E-state index contributed by atoms with van der Waals surface area (Å²) in [6, 6.07) is 0.568. The SMILES string of the molecule is CN=C(NCCNC(=O)OC(C)(C)C)NC1CC1C1CCCCC1.I. The molecule has 146 valence electrons. The first-order valence-electron chi connectivity index (χ1n) is 9.33. The number of nitrogens with one attached hydrogen (secondary N) is 3. The summed E-state index contributed by atoms with van der Waals surface area (Å²) in [5, 5.41) is 9.50. The Kier molecular flexibility index (Phi) is 9.30. The molecule has 25 heavy (non-hydrogen) atoms. The fourth-order valence-corrected chi connectivity index (χ4v) is 3.49. The number of amides is 1. The summed E-state index contributed by atoms with van der Waals surface area (Å²) in [5.41, 5.74) is -0.463. The van der Waals surface area contributed by atoms with Crippen molar-refractivity contribution in [1.82, 2.24) is 16.0 Å². The van der Waals surface area contributed by atoms with Crippen LogP contribution in [0.5, 0.6) is 0 Å². The molecule has 2 fully saturated rings. The second kappa shape index (κ2) is 10.4. The first-order chi connectivity index (χ1) is 11.4. The Hall–Kier alpha value is -0.730. The topological polar surface area (TPSA) is 74.8 Å². The van der Waals surface area contributed by atoms with E-state index in [1.165, 1.54) is 38.5 Å². The van der Waals surface area contributed by atoms with E-state index >= 15 is 0 Å². The molecule has 0 heterocycles. The molecule has 7 heteroatoms. The molecule has 2 saturated carbocycles. The number of alkyl carbamates (subject to hydrolysis) is 1. The number of carbonyl (C=O) groups excluding carboxylic acids is 1. The Labute approximate surface area is 169 Å². The normalized spacial score (nSPS) is 24.1. The van der Waals surface area contributed by atoms with Crippen LogP contribution in [0.15, 0.2) is 4.99 Å². The maximum Gasteiger partial charge on any atom is 0.407 e. The molecule has 1 amide bonds. The number of hydrogen-bond donors (Lipinski definition) is 3. The van der Waals surface area contributed by atoms with Crippen LogP contribution < -0.4 is 16.0 Å². The van der Waals surface area contributed by atoms with Crippen LogP contribution in [0.1, 0.15) is 59.3 Å². The van der Waals surface area contributed by atoms with E-state index in [1.807, 2.05) is 20.8 Å². The fraction of sp³-hybridized carbons (Fsp3) is 0.889.